The number of ether oxygens (including phenoxy) is 1. The summed E-state index contributed by atoms with van der Waals surface area (Å²) < 4.78 is 46.1. The second kappa shape index (κ2) is 6.80. The Morgan fingerprint density at radius 3 is 2.54 bits per heavy atom. The highest BCUT2D eigenvalue weighted by molar-refractivity contribution is 7.89. The average Bonchev–Trinajstić information content (AvgIpc) is 2.55. The first kappa shape index (κ1) is 17.4. The van der Waals surface area contributed by atoms with Crippen molar-refractivity contribution in [1.82, 2.24) is 4.31 Å². The smallest absolute Gasteiger partial charge is 0.243 e. The SMILES string of the molecule is CC1CN(S(=O)(=O)c2cccc(Cl)c2)CC(c2ccc(F)cc2)O1. The van der Waals surface area contributed by atoms with Crippen molar-refractivity contribution in [3.8, 4) is 0 Å². The maximum Gasteiger partial charge on any atom is 0.243 e. The molecule has 1 aliphatic heterocycles. The molecule has 0 N–H and O–H groups in total. The topological polar surface area (TPSA) is 46.6 Å². The minimum Gasteiger partial charge on any atom is -0.368 e. The highest BCUT2D eigenvalue weighted by atomic mass is 35.5. The minimum absolute atomic E-state index is 0.155. The van der Waals surface area contributed by atoms with Gasteiger partial charge in [0.2, 0.25) is 10.0 Å². The number of halogens is 2. The maximum absolute atomic E-state index is 13.1. The molecule has 0 saturated carbocycles. The lowest BCUT2D eigenvalue weighted by Crippen LogP contribution is -2.45. The highest BCUT2D eigenvalue weighted by Gasteiger charge is 2.34. The predicted octanol–water partition coefficient (Wildman–Crippen LogP) is 3.63. The first-order chi connectivity index (χ1) is 11.4. The van der Waals surface area contributed by atoms with Gasteiger partial charge in [0.25, 0.3) is 0 Å². The number of hydrogen-bond donors (Lipinski definition) is 0. The van der Waals surface area contributed by atoms with E-state index in [2.05, 4.69) is 0 Å². The van der Waals surface area contributed by atoms with Crippen LogP contribution in [-0.4, -0.2) is 31.9 Å². The number of rotatable bonds is 3. The lowest BCUT2D eigenvalue weighted by Gasteiger charge is -2.36. The predicted molar refractivity (Wildman–Crippen MR) is 89.9 cm³/mol. The van der Waals surface area contributed by atoms with E-state index in [1.807, 2.05) is 6.92 Å². The van der Waals surface area contributed by atoms with Crippen molar-refractivity contribution in [2.45, 2.75) is 24.0 Å². The molecule has 3 rings (SSSR count). The number of hydrogen-bond acceptors (Lipinski definition) is 3. The van der Waals surface area contributed by atoms with Crippen LogP contribution >= 0.6 is 11.6 Å². The number of nitrogens with zero attached hydrogens (tertiary/aromatic N) is 1. The second-order valence-electron chi connectivity index (χ2n) is 5.77. The Morgan fingerprint density at radius 1 is 1.17 bits per heavy atom. The van der Waals surface area contributed by atoms with Gasteiger partial charge in [-0.1, -0.05) is 29.8 Å². The molecular formula is C17H17ClFNO3S. The van der Waals surface area contributed by atoms with Crippen LogP contribution in [0.5, 0.6) is 0 Å². The molecule has 128 valence electrons. The van der Waals surface area contributed by atoms with Gasteiger partial charge in [-0.15, -0.1) is 0 Å². The first-order valence-corrected chi connectivity index (χ1v) is 9.35. The molecule has 2 aromatic carbocycles. The fourth-order valence-electron chi connectivity index (χ4n) is 2.75. The Hall–Kier alpha value is -1.47. The summed E-state index contributed by atoms with van der Waals surface area (Å²) in [5, 5.41) is 0.368. The minimum atomic E-state index is -3.67. The number of sulfonamides is 1. The summed E-state index contributed by atoms with van der Waals surface area (Å²) in [6.45, 7) is 2.24. The van der Waals surface area contributed by atoms with Crippen LogP contribution in [-0.2, 0) is 14.8 Å². The van der Waals surface area contributed by atoms with Crippen molar-refractivity contribution in [2.75, 3.05) is 13.1 Å². The third kappa shape index (κ3) is 3.62. The van der Waals surface area contributed by atoms with Crippen LogP contribution in [0.15, 0.2) is 53.4 Å². The molecule has 2 unspecified atom stereocenters. The van der Waals surface area contributed by atoms with E-state index in [0.29, 0.717) is 5.02 Å². The molecular weight excluding hydrogens is 353 g/mol. The molecule has 24 heavy (non-hydrogen) atoms. The van der Waals surface area contributed by atoms with Crippen molar-refractivity contribution < 1.29 is 17.5 Å². The Balaban J connectivity index is 1.89. The molecule has 2 atom stereocenters. The molecule has 1 aliphatic rings. The molecule has 1 fully saturated rings. The molecule has 0 amide bonds. The van der Waals surface area contributed by atoms with Gasteiger partial charge in [0.15, 0.2) is 0 Å². The summed E-state index contributed by atoms with van der Waals surface area (Å²) in [4.78, 5) is 0.155. The van der Waals surface area contributed by atoms with E-state index in [1.54, 1.807) is 24.3 Å². The molecule has 7 heteroatoms. The van der Waals surface area contributed by atoms with E-state index < -0.39 is 16.1 Å². The van der Waals surface area contributed by atoms with Gasteiger partial charge in [0.05, 0.1) is 17.1 Å². The van der Waals surface area contributed by atoms with Gasteiger partial charge in [0.1, 0.15) is 5.82 Å². The van der Waals surface area contributed by atoms with E-state index >= 15 is 0 Å². The Kier molecular flexibility index (Phi) is 4.92. The molecule has 1 heterocycles. The third-order valence-electron chi connectivity index (χ3n) is 3.90. The van der Waals surface area contributed by atoms with E-state index in [4.69, 9.17) is 16.3 Å². The van der Waals surface area contributed by atoms with Crippen LogP contribution in [0.4, 0.5) is 4.39 Å². The lowest BCUT2D eigenvalue weighted by atomic mass is 10.1. The van der Waals surface area contributed by atoms with Crippen LogP contribution < -0.4 is 0 Å². The van der Waals surface area contributed by atoms with Crippen molar-refractivity contribution in [2.24, 2.45) is 0 Å². The largest absolute Gasteiger partial charge is 0.368 e. The average molecular weight is 370 g/mol. The van der Waals surface area contributed by atoms with Gasteiger partial charge in [0, 0.05) is 18.1 Å². The zero-order valence-corrected chi connectivity index (χ0v) is 14.6. The van der Waals surface area contributed by atoms with Crippen LogP contribution in [0.3, 0.4) is 0 Å². The standard InChI is InChI=1S/C17H17ClFNO3S/c1-12-10-20(24(21,22)16-4-2-3-14(18)9-16)11-17(23-12)13-5-7-15(19)8-6-13/h2-9,12,17H,10-11H2,1H3. The summed E-state index contributed by atoms with van der Waals surface area (Å²) in [7, 11) is -3.67. The van der Waals surface area contributed by atoms with Crippen LogP contribution in [0.1, 0.15) is 18.6 Å². The number of benzene rings is 2. The third-order valence-corrected chi connectivity index (χ3v) is 5.97. The molecule has 0 radical (unpaired) electrons. The van der Waals surface area contributed by atoms with E-state index in [9.17, 15) is 12.8 Å². The van der Waals surface area contributed by atoms with Crippen LogP contribution in [0.2, 0.25) is 5.02 Å². The summed E-state index contributed by atoms with van der Waals surface area (Å²) in [5.74, 6) is -0.342. The monoisotopic (exact) mass is 369 g/mol. The zero-order chi connectivity index (χ0) is 17.3. The fraction of sp³-hybridized carbons (Fsp3) is 0.294. The Morgan fingerprint density at radius 2 is 1.88 bits per heavy atom. The van der Waals surface area contributed by atoms with E-state index in [0.717, 1.165) is 5.56 Å². The van der Waals surface area contributed by atoms with Gasteiger partial charge in [-0.2, -0.15) is 4.31 Å². The fourth-order valence-corrected chi connectivity index (χ4v) is 4.56. The second-order valence-corrected chi connectivity index (χ2v) is 8.14. The first-order valence-electron chi connectivity index (χ1n) is 7.53. The maximum atomic E-state index is 13.1. The number of morpholine rings is 1. The molecule has 0 aromatic heterocycles. The van der Waals surface area contributed by atoms with Gasteiger partial charge in [-0.25, -0.2) is 12.8 Å². The molecule has 0 aliphatic carbocycles. The van der Waals surface area contributed by atoms with E-state index in [-0.39, 0.29) is 29.9 Å². The zero-order valence-electron chi connectivity index (χ0n) is 13.0. The van der Waals surface area contributed by atoms with Crippen LogP contribution in [0.25, 0.3) is 0 Å². The van der Waals surface area contributed by atoms with Crippen molar-refractivity contribution in [3.05, 3.63) is 64.9 Å². The van der Waals surface area contributed by atoms with Crippen molar-refractivity contribution in [1.29, 1.82) is 0 Å². The van der Waals surface area contributed by atoms with Crippen molar-refractivity contribution >= 4 is 21.6 Å². The Bertz CT molecular complexity index is 826. The van der Waals surface area contributed by atoms with Gasteiger partial charge >= 0.3 is 0 Å². The summed E-state index contributed by atoms with van der Waals surface area (Å²) in [5.41, 5.74) is 0.745. The van der Waals surface area contributed by atoms with Gasteiger partial charge < -0.3 is 4.74 Å². The molecule has 1 saturated heterocycles. The molecule has 0 bridgehead atoms. The summed E-state index contributed by atoms with van der Waals surface area (Å²) in [6, 6.07) is 12.1. The normalized spacial score (nSPS) is 22.5. The van der Waals surface area contributed by atoms with Gasteiger partial charge in [-0.3, -0.25) is 0 Å². The Labute approximate surface area is 145 Å². The molecule has 0 spiro atoms. The lowest BCUT2D eigenvalue weighted by molar-refractivity contribution is -0.0557. The van der Waals surface area contributed by atoms with Gasteiger partial charge in [-0.05, 0) is 42.8 Å². The summed E-state index contributed by atoms with van der Waals surface area (Å²) >= 11 is 5.91. The van der Waals surface area contributed by atoms with Crippen molar-refractivity contribution in [3.63, 3.8) is 0 Å². The highest BCUT2D eigenvalue weighted by Crippen LogP contribution is 2.29. The van der Waals surface area contributed by atoms with Crippen LogP contribution in [0, 0.1) is 5.82 Å². The molecule has 4 nitrogen and oxygen atoms in total. The summed E-state index contributed by atoms with van der Waals surface area (Å²) in [6.07, 6.45) is -0.717. The quantitative estimate of drug-likeness (QED) is 0.830. The van der Waals surface area contributed by atoms with E-state index in [1.165, 1.54) is 28.6 Å². The molecule has 2 aromatic rings.